The second-order valence-corrected chi connectivity index (χ2v) is 4.96. The van der Waals surface area contributed by atoms with Gasteiger partial charge in [0.2, 0.25) is 0 Å². The molecule has 0 spiro atoms. The van der Waals surface area contributed by atoms with Crippen molar-refractivity contribution in [1.29, 1.82) is 0 Å². The zero-order valence-corrected chi connectivity index (χ0v) is 11.0. The van der Waals surface area contributed by atoms with E-state index in [2.05, 4.69) is 22.0 Å². The van der Waals surface area contributed by atoms with Gasteiger partial charge in [0.05, 0.1) is 11.1 Å². The summed E-state index contributed by atoms with van der Waals surface area (Å²) in [6.07, 6.45) is 1.77. The van der Waals surface area contributed by atoms with Crippen LogP contribution in [-0.2, 0) is 0 Å². The summed E-state index contributed by atoms with van der Waals surface area (Å²) >= 11 is 1.67. The van der Waals surface area contributed by atoms with Crippen LogP contribution < -0.4 is 5.73 Å². The fourth-order valence-electron chi connectivity index (χ4n) is 1.60. The maximum atomic E-state index is 6.04. The van der Waals surface area contributed by atoms with E-state index in [0.29, 0.717) is 5.82 Å². The van der Waals surface area contributed by atoms with E-state index >= 15 is 0 Å². The van der Waals surface area contributed by atoms with Gasteiger partial charge >= 0.3 is 0 Å². The number of aryl methyl sites for hydroxylation is 2. The number of hydrogen-bond acceptors (Lipinski definition) is 5. The molecule has 0 aliphatic heterocycles. The van der Waals surface area contributed by atoms with Crippen LogP contribution in [0.15, 0.2) is 17.2 Å². The molecule has 2 heterocycles. The van der Waals surface area contributed by atoms with Gasteiger partial charge in [-0.25, -0.2) is 9.97 Å². The third-order valence-electron chi connectivity index (χ3n) is 2.24. The van der Waals surface area contributed by atoms with E-state index in [0.717, 1.165) is 28.0 Å². The Morgan fingerprint density at radius 1 is 1.35 bits per heavy atom. The van der Waals surface area contributed by atoms with Crippen molar-refractivity contribution in [3.63, 3.8) is 0 Å². The van der Waals surface area contributed by atoms with Crippen molar-refractivity contribution in [2.75, 3.05) is 11.5 Å². The summed E-state index contributed by atoms with van der Waals surface area (Å²) in [5.74, 6) is 3.04. The van der Waals surface area contributed by atoms with Crippen molar-refractivity contribution >= 4 is 17.6 Å². The Balaban J connectivity index is 2.45. The van der Waals surface area contributed by atoms with E-state index in [4.69, 9.17) is 5.73 Å². The summed E-state index contributed by atoms with van der Waals surface area (Å²) in [6, 6.07) is 1.87. The molecule has 17 heavy (non-hydrogen) atoms. The average Bonchev–Trinajstić information content (AvgIpc) is 2.60. The summed E-state index contributed by atoms with van der Waals surface area (Å²) in [7, 11) is 0. The molecule has 2 N–H and O–H groups in total. The third-order valence-corrected chi connectivity index (χ3v) is 3.15. The molecule has 90 valence electrons. The molecule has 0 saturated carbocycles. The highest BCUT2D eigenvalue weighted by molar-refractivity contribution is 7.99. The van der Waals surface area contributed by atoms with E-state index in [9.17, 15) is 0 Å². The van der Waals surface area contributed by atoms with Gasteiger partial charge < -0.3 is 5.73 Å². The number of thioether (sulfide) groups is 1. The van der Waals surface area contributed by atoms with Crippen molar-refractivity contribution in [1.82, 2.24) is 19.7 Å². The molecule has 0 aliphatic carbocycles. The first-order chi connectivity index (χ1) is 8.11. The molecule has 0 fully saturated rings. The second kappa shape index (κ2) is 4.75. The molecule has 2 aromatic heterocycles. The minimum Gasteiger partial charge on any atom is -0.383 e. The highest BCUT2D eigenvalue weighted by Gasteiger charge is 2.10. The molecular weight excluding hydrogens is 234 g/mol. The highest BCUT2D eigenvalue weighted by atomic mass is 32.2. The molecular formula is C11H15N5S. The third kappa shape index (κ3) is 2.41. The predicted octanol–water partition coefficient (Wildman–Crippen LogP) is 1.97. The lowest BCUT2D eigenvalue weighted by Crippen LogP contribution is -2.06. The van der Waals surface area contributed by atoms with Gasteiger partial charge in [-0.2, -0.15) is 9.78 Å². The standard InChI is InChI=1S/C11H15N5S/c1-4-17-9-6-13-16(11(9)12)10-5-7(2)14-8(3)15-10/h5-6H,4,12H2,1-3H3. The fourth-order valence-corrected chi connectivity index (χ4v) is 2.27. The van der Waals surface area contributed by atoms with Crippen molar-refractivity contribution in [2.24, 2.45) is 0 Å². The Kier molecular flexibility index (Phi) is 3.33. The predicted molar refractivity (Wildman–Crippen MR) is 69.4 cm³/mol. The Morgan fingerprint density at radius 3 is 2.76 bits per heavy atom. The van der Waals surface area contributed by atoms with Crippen molar-refractivity contribution in [2.45, 2.75) is 25.7 Å². The number of hydrogen-bond donors (Lipinski definition) is 1. The molecule has 0 radical (unpaired) electrons. The van der Waals surface area contributed by atoms with E-state index in [1.807, 2.05) is 19.9 Å². The number of rotatable bonds is 3. The Morgan fingerprint density at radius 2 is 2.12 bits per heavy atom. The summed E-state index contributed by atoms with van der Waals surface area (Å²) in [6.45, 7) is 5.87. The SMILES string of the molecule is CCSc1cnn(-c2cc(C)nc(C)n2)c1N. The van der Waals surface area contributed by atoms with Crippen LogP contribution in [0.2, 0.25) is 0 Å². The van der Waals surface area contributed by atoms with E-state index in [1.54, 1.807) is 22.6 Å². The Bertz CT molecular complexity index is 514. The van der Waals surface area contributed by atoms with Crippen LogP contribution in [0.4, 0.5) is 5.82 Å². The lowest BCUT2D eigenvalue weighted by atomic mass is 10.4. The van der Waals surface area contributed by atoms with Crippen LogP contribution in [-0.4, -0.2) is 25.5 Å². The maximum Gasteiger partial charge on any atom is 0.159 e. The summed E-state index contributed by atoms with van der Waals surface area (Å²) in [5.41, 5.74) is 6.95. The van der Waals surface area contributed by atoms with Gasteiger partial charge in [-0.3, -0.25) is 0 Å². The minimum atomic E-state index is 0.634. The average molecular weight is 249 g/mol. The Hall–Kier alpha value is -1.56. The molecule has 0 unspecified atom stereocenters. The molecule has 0 aromatic carbocycles. The summed E-state index contributed by atoms with van der Waals surface area (Å²) in [4.78, 5) is 9.56. The molecule has 0 amide bonds. The topological polar surface area (TPSA) is 69.6 Å². The lowest BCUT2D eigenvalue weighted by molar-refractivity contribution is 0.830. The van der Waals surface area contributed by atoms with Gasteiger partial charge in [0, 0.05) is 11.8 Å². The van der Waals surface area contributed by atoms with Crippen LogP contribution in [0.3, 0.4) is 0 Å². The van der Waals surface area contributed by atoms with Crippen LogP contribution in [0.25, 0.3) is 5.82 Å². The van der Waals surface area contributed by atoms with Gasteiger partial charge in [-0.15, -0.1) is 11.8 Å². The molecule has 2 rings (SSSR count). The first kappa shape index (κ1) is 11.9. The molecule has 0 atom stereocenters. The molecule has 6 heteroatoms. The molecule has 0 saturated heterocycles. The number of anilines is 1. The van der Waals surface area contributed by atoms with E-state index in [-0.39, 0.29) is 0 Å². The van der Waals surface area contributed by atoms with Crippen molar-refractivity contribution in [3.8, 4) is 5.82 Å². The quantitative estimate of drug-likeness (QED) is 0.842. The zero-order chi connectivity index (χ0) is 12.4. The molecule has 0 aliphatic rings. The van der Waals surface area contributed by atoms with E-state index in [1.165, 1.54) is 0 Å². The van der Waals surface area contributed by atoms with Gasteiger partial charge in [-0.1, -0.05) is 6.92 Å². The summed E-state index contributed by atoms with van der Waals surface area (Å²) in [5, 5.41) is 4.27. The number of nitrogens with two attached hydrogens (primary N) is 1. The summed E-state index contributed by atoms with van der Waals surface area (Å²) < 4.78 is 1.65. The monoisotopic (exact) mass is 249 g/mol. The van der Waals surface area contributed by atoms with Gasteiger partial charge in [0.15, 0.2) is 5.82 Å². The fraction of sp³-hybridized carbons (Fsp3) is 0.364. The highest BCUT2D eigenvalue weighted by Crippen LogP contribution is 2.25. The number of nitrogens with zero attached hydrogens (tertiary/aromatic N) is 4. The molecule has 2 aromatic rings. The zero-order valence-electron chi connectivity index (χ0n) is 10.1. The van der Waals surface area contributed by atoms with Crippen molar-refractivity contribution in [3.05, 3.63) is 23.8 Å². The first-order valence-corrected chi connectivity index (χ1v) is 6.39. The Labute approximate surface area is 104 Å². The van der Waals surface area contributed by atoms with Crippen LogP contribution in [0, 0.1) is 13.8 Å². The van der Waals surface area contributed by atoms with Gasteiger partial charge in [-0.05, 0) is 19.6 Å². The van der Waals surface area contributed by atoms with Crippen LogP contribution >= 0.6 is 11.8 Å². The van der Waals surface area contributed by atoms with Crippen LogP contribution in [0.5, 0.6) is 0 Å². The van der Waals surface area contributed by atoms with E-state index < -0.39 is 0 Å². The molecule has 5 nitrogen and oxygen atoms in total. The van der Waals surface area contributed by atoms with Gasteiger partial charge in [0.1, 0.15) is 11.6 Å². The number of nitrogen functional groups attached to an aromatic ring is 1. The normalized spacial score (nSPS) is 10.8. The number of aromatic nitrogens is 4. The minimum absolute atomic E-state index is 0.634. The second-order valence-electron chi connectivity index (χ2n) is 3.65. The first-order valence-electron chi connectivity index (χ1n) is 5.40. The molecule has 0 bridgehead atoms. The van der Waals surface area contributed by atoms with Crippen molar-refractivity contribution < 1.29 is 0 Å². The lowest BCUT2D eigenvalue weighted by Gasteiger charge is -2.05. The van der Waals surface area contributed by atoms with Gasteiger partial charge in [0.25, 0.3) is 0 Å². The smallest absolute Gasteiger partial charge is 0.159 e. The maximum absolute atomic E-state index is 6.04. The van der Waals surface area contributed by atoms with Crippen LogP contribution in [0.1, 0.15) is 18.4 Å². The largest absolute Gasteiger partial charge is 0.383 e.